The zero-order chi connectivity index (χ0) is 15.3. The van der Waals surface area contributed by atoms with Crippen LogP contribution >= 0.6 is 0 Å². The van der Waals surface area contributed by atoms with E-state index in [0.29, 0.717) is 18.7 Å². The molecule has 1 atom stereocenters. The van der Waals surface area contributed by atoms with Gasteiger partial charge < -0.3 is 20.1 Å². The molecule has 1 amide bonds. The van der Waals surface area contributed by atoms with Gasteiger partial charge in [-0.05, 0) is 37.6 Å². The van der Waals surface area contributed by atoms with Gasteiger partial charge >= 0.3 is 0 Å². The number of benzene rings is 1. The minimum atomic E-state index is -0.484. The SMILES string of the molecule is COCC1(CNC(=O)c2ccc(F)c(OC)c2)CCCN1. The van der Waals surface area contributed by atoms with Gasteiger partial charge in [0.15, 0.2) is 11.6 Å². The fourth-order valence-corrected chi connectivity index (χ4v) is 2.62. The van der Waals surface area contributed by atoms with Gasteiger partial charge in [-0.25, -0.2) is 4.39 Å². The Morgan fingerprint density at radius 3 is 2.90 bits per heavy atom. The Labute approximate surface area is 123 Å². The maximum atomic E-state index is 13.3. The predicted molar refractivity (Wildman–Crippen MR) is 77.1 cm³/mol. The van der Waals surface area contributed by atoms with Crippen molar-refractivity contribution in [3.05, 3.63) is 29.6 Å². The van der Waals surface area contributed by atoms with Crippen molar-refractivity contribution in [2.45, 2.75) is 18.4 Å². The van der Waals surface area contributed by atoms with E-state index in [2.05, 4.69) is 10.6 Å². The first-order chi connectivity index (χ1) is 10.1. The monoisotopic (exact) mass is 296 g/mol. The third-order valence-electron chi connectivity index (χ3n) is 3.75. The van der Waals surface area contributed by atoms with Crippen LogP contribution in [0.1, 0.15) is 23.2 Å². The maximum absolute atomic E-state index is 13.3. The summed E-state index contributed by atoms with van der Waals surface area (Å²) in [5.41, 5.74) is 0.160. The van der Waals surface area contributed by atoms with Crippen molar-refractivity contribution in [2.75, 3.05) is 33.9 Å². The van der Waals surface area contributed by atoms with Crippen LogP contribution in [-0.4, -0.2) is 45.4 Å². The Kier molecular flexibility index (Phi) is 5.14. The Bertz CT molecular complexity index is 502. The summed E-state index contributed by atoms with van der Waals surface area (Å²) in [5.74, 6) is -0.673. The lowest BCUT2D eigenvalue weighted by atomic mass is 9.98. The van der Waals surface area contributed by atoms with E-state index in [1.54, 1.807) is 7.11 Å². The second-order valence-corrected chi connectivity index (χ2v) is 5.28. The van der Waals surface area contributed by atoms with Gasteiger partial charge in [0.25, 0.3) is 5.91 Å². The molecule has 0 saturated carbocycles. The minimum absolute atomic E-state index is 0.0632. The van der Waals surface area contributed by atoms with Crippen LogP contribution < -0.4 is 15.4 Å². The number of hydrogen-bond donors (Lipinski definition) is 2. The zero-order valence-corrected chi connectivity index (χ0v) is 12.4. The summed E-state index contributed by atoms with van der Waals surface area (Å²) in [6.07, 6.45) is 2.01. The molecule has 116 valence electrons. The van der Waals surface area contributed by atoms with Crippen molar-refractivity contribution in [1.82, 2.24) is 10.6 Å². The van der Waals surface area contributed by atoms with Crippen molar-refractivity contribution < 1.29 is 18.7 Å². The van der Waals surface area contributed by atoms with Gasteiger partial charge in [-0.15, -0.1) is 0 Å². The van der Waals surface area contributed by atoms with Crippen LogP contribution in [0.4, 0.5) is 4.39 Å². The summed E-state index contributed by atoms with van der Waals surface area (Å²) in [6, 6.07) is 4.07. The molecular weight excluding hydrogens is 275 g/mol. The highest BCUT2D eigenvalue weighted by Gasteiger charge is 2.33. The molecule has 1 fully saturated rings. The number of methoxy groups -OCH3 is 2. The molecule has 0 bridgehead atoms. The minimum Gasteiger partial charge on any atom is -0.494 e. The van der Waals surface area contributed by atoms with Crippen LogP contribution in [0.3, 0.4) is 0 Å². The fraction of sp³-hybridized carbons (Fsp3) is 0.533. The van der Waals surface area contributed by atoms with Gasteiger partial charge in [0.1, 0.15) is 0 Å². The molecule has 1 heterocycles. The quantitative estimate of drug-likeness (QED) is 0.831. The van der Waals surface area contributed by atoms with Gasteiger partial charge in [-0.1, -0.05) is 0 Å². The Morgan fingerprint density at radius 1 is 1.48 bits per heavy atom. The van der Waals surface area contributed by atoms with Crippen LogP contribution in [0.5, 0.6) is 5.75 Å². The first kappa shape index (κ1) is 15.7. The maximum Gasteiger partial charge on any atom is 0.251 e. The number of hydrogen-bond acceptors (Lipinski definition) is 4. The normalized spacial score (nSPS) is 21.3. The van der Waals surface area contributed by atoms with Crippen molar-refractivity contribution in [2.24, 2.45) is 0 Å². The molecule has 0 aliphatic carbocycles. The van der Waals surface area contributed by atoms with E-state index in [9.17, 15) is 9.18 Å². The molecule has 1 aromatic carbocycles. The summed E-state index contributed by atoms with van der Waals surface area (Å²) in [6.45, 7) is 1.93. The van der Waals surface area contributed by atoms with Gasteiger partial charge in [0.05, 0.1) is 19.3 Å². The van der Waals surface area contributed by atoms with E-state index in [-0.39, 0.29) is 17.2 Å². The van der Waals surface area contributed by atoms with Crippen LogP contribution in [-0.2, 0) is 4.74 Å². The lowest BCUT2D eigenvalue weighted by molar-refractivity contribution is 0.0892. The van der Waals surface area contributed by atoms with Gasteiger partial charge in [0.2, 0.25) is 0 Å². The first-order valence-corrected chi connectivity index (χ1v) is 6.96. The topological polar surface area (TPSA) is 59.6 Å². The molecule has 1 aliphatic heterocycles. The Morgan fingerprint density at radius 2 is 2.29 bits per heavy atom. The Hall–Kier alpha value is -1.66. The van der Waals surface area contributed by atoms with E-state index < -0.39 is 5.82 Å². The van der Waals surface area contributed by atoms with Crippen LogP contribution in [0.15, 0.2) is 18.2 Å². The summed E-state index contributed by atoms with van der Waals surface area (Å²) >= 11 is 0. The van der Waals surface area contributed by atoms with Crippen LogP contribution in [0, 0.1) is 5.82 Å². The molecule has 1 unspecified atom stereocenters. The average molecular weight is 296 g/mol. The number of carbonyl (C=O) groups is 1. The number of rotatable bonds is 6. The number of halogens is 1. The fourth-order valence-electron chi connectivity index (χ4n) is 2.62. The molecular formula is C15H21FN2O3. The summed E-state index contributed by atoms with van der Waals surface area (Å²) in [7, 11) is 3.02. The molecule has 0 aromatic heterocycles. The van der Waals surface area contributed by atoms with E-state index >= 15 is 0 Å². The van der Waals surface area contributed by atoms with Gasteiger partial charge in [-0.2, -0.15) is 0 Å². The highest BCUT2D eigenvalue weighted by atomic mass is 19.1. The second-order valence-electron chi connectivity index (χ2n) is 5.28. The third kappa shape index (κ3) is 3.71. The van der Waals surface area contributed by atoms with E-state index in [1.165, 1.54) is 25.3 Å². The van der Waals surface area contributed by atoms with Crippen molar-refractivity contribution >= 4 is 5.91 Å². The molecule has 2 rings (SSSR count). The first-order valence-electron chi connectivity index (χ1n) is 6.96. The van der Waals surface area contributed by atoms with E-state index in [1.807, 2.05) is 0 Å². The highest BCUT2D eigenvalue weighted by molar-refractivity contribution is 5.94. The van der Waals surface area contributed by atoms with Gasteiger partial charge in [-0.3, -0.25) is 4.79 Å². The van der Waals surface area contributed by atoms with Crippen molar-refractivity contribution in [1.29, 1.82) is 0 Å². The van der Waals surface area contributed by atoms with Crippen LogP contribution in [0.25, 0.3) is 0 Å². The van der Waals surface area contributed by atoms with Crippen molar-refractivity contribution in [3.63, 3.8) is 0 Å². The number of carbonyl (C=O) groups excluding carboxylic acids is 1. The summed E-state index contributed by atoms with van der Waals surface area (Å²) in [4.78, 5) is 12.2. The van der Waals surface area contributed by atoms with Gasteiger partial charge in [0, 0.05) is 19.2 Å². The molecule has 0 spiro atoms. The second kappa shape index (κ2) is 6.87. The number of nitrogens with one attached hydrogen (secondary N) is 2. The largest absolute Gasteiger partial charge is 0.494 e. The molecule has 1 saturated heterocycles. The molecule has 6 heteroatoms. The highest BCUT2D eigenvalue weighted by Crippen LogP contribution is 2.20. The van der Waals surface area contributed by atoms with E-state index in [4.69, 9.17) is 9.47 Å². The Balaban J connectivity index is 2.01. The summed E-state index contributed by atoms with van der Waals surface area (Å²) < 4.78 is 23.5. The molecule has 5 nitrogen and oxygen atoms in total. The van der Waals surface area contributed by atoms with E-state index in [0.717, 1.165) is 19.4 Å². The molecule has 2 N–H and O–H groups in total. The lowest BCUT2D eigenvalue weighted by Gasteiger charge is -2.29. The molecule has 21 heavy (non-hydrogen) atoms. The third-order valence-corrected chi connectivity index (χ3v) is 3.75. The standard InChI is InChI=1S/C15H21FN2O3/c1-20-10-15(6-3-7-18-15)9-17-14(19)11-4-5-12(16)13(8-11)21-2/h4-5,8,18H,3,6-7,9-10H2,1-2H3,(H,17,19). The molecule has 1 aliphatic rings. The zero-order valence-electron chi connectivity index (χ0n) is 12.4. The molecule has 1 aromatic rings. The molecule has 0 radical (unpaired) electrons. The lowest BCUT2D eigenvalue weighted by Crippen LogP contribution is -2.53. The predicted octanol–water partition coefficient (Wildman–Crippen LogP) is 1.33. The number of amides is 1. The van der Waals surface area contributed by atoms with Crippen LogP contribution in [0.2, 0.25) is 0 Å². The smallest absolute Gasteiger partial charge is 0.251 e. The summed E-state index contributed by atoms with van der Waals surface area (Å²) in [5, 5.41) is 6.26. The van der Waals surface area contributed by atoms with Crippen molar-refractivity contribution in [3.8, 4) is 5.75 Å². The average Bonchev–Trinajstić information content (AvgIpc) is 2.95. The number of ether oxygens (including phenoxy) is 2.